The van der Waals surface area contributed by atoms with Crippen LogP contribution in [0.5, 0.6) is 0 Å². The van der Waals surface area contributed by atoms with E-state index in [4.69, 9.17) is 9.26 Å². The number of carbonyl (C=O) groups excluding carboxylic acids is 3. The number of nitrogens with zero attached hydrogens (tertiary/aromatic N) is 2. The normalized spacial score (nSPS) is 30.5. The lowest BCUT2D eigenvalue weighted by molar-refractivity contribution is -0.154. The third-order valence-electron chi connectivity index (χ3n) is 5.60. The van der Waals surface area contributed by atoms with Gasteiger partial charge in [0.05, 0.1) is 30.7 Å². The fourth-order valence-electron chi connectivity index (χ4n) is 4.40. The van der Waals surface area contributed by atoms with E-state index in [0.717, 1.165) is 10.6 Å². The lowest BCUT2D eigenvalue weighted by Gasteiger charge is -2.33. The van der Waals surface area contributed by atoms with Crippen LogP contribution in [0.4, 0.5) is 0 Å². The zero-order valence-corrected chi connectivity index (χ0v) is 16.6. The second-order valence-electron chi connectivity index (χ2n) is 8.23. The predicted octanol–water partition coefficient (Wildman–Crippen LogP) is 1.63. The van der Waals surface area contributed by atoms with Crippen molar-refractivity contribution >= 4 is 17.8 Å². The van der Waals surface area contributed by atoms with Crippen molar-refractivity contribution in [1.29, 1.82) is 0 Å². The second-order valence-corrected chi connectivity index (χ2v) is 8.23. The molecule has 148 valence electrons. The first kappa shape index (κ1) is 19.5. The van der Waals surface area contributed by atoms with Crippen molar-refractivity contribution in [3.63, 3.8) is 0 Å². The number of esters is 1. The maximum absolute atomic E-state index is 12.9. The average Bonchev–Trinajstić information content (AvgIpc) is 3.27. The minimum atomic E-state index is -1.28. The molecule has 3 rings (SSSR count). The summed E-state index contributed by atoms with van der Waals surface area (Å²) in [6, 6.07) is 1.17. The molecule has 2 fully saturated rings. The number of amides is 2. The molecule has 27 heavy (non-hydrogen) atoms. The number of aromatic nitrogens is 1. The van der Waals surface area contributed by atoms with Crippen molar-refractivity contribution in [3.05, 3.63) is 17.5 Å². The zero-order chi connectivity index (χ0) is 20.1. The number of hydrogen-bond acceptors (Lipinski definition) is 7. The van der Waals surface area contributed by atoms with Crippen LogP contribution >= 0.6 is 0 Å². The van der Waals surface area contributed by atoms with E-state index in [-0.39, 0.29) is 23.7 Å². The number of nitrogens with one attached hydrogen (secondary N) is 1. The van der Waals surface area contributed by atoms with E-state index < -0.39 is 29.4 Å². The summed E-state index contributed by atoms with van der Waals surface area (Å²) in [5.41, 5.74) is -0.520. The van der Waals surface area contributed by atoms with Gasteiger partial charge in [-0.1, -0.05) is 32.9 Å². The summed E-state index contributed by atoms with van der Waals surface area (Å²) in [5.74, 6) is -2.06. The minimum Gasteiger partial charge on any atom is -0.468 e. The highest BCUT2D eigenvalue weighted by atomic mass is 16.5. The van der Waals surface area contributed by atoms with Gasteiger partial charge in [-0.15, -0.1) is 0 Å². The average molecular weight is 377 g/mol. The highest BCUT2D eigenvalue weighted by Gasteiger charge is 2.68. The molecular weight excluding hydrogens is 350 g/mol. The van der Waals surface area contributed by atoms with E-state index in [1.165, 1.54) is 14.2 Å². The zero-order valence-electron chi connectivity index (χ0n) is 16.6. The Morgan fingerprint density at radius 1 is 1.33 bits per heavy atom. The molecule has 1 aromatic heterocycles. The van der Waals surface area contributed by atoms with Crippen molar-refractivity contribution in [2.24, 2.45) is 17.8 Å². The summed E-state index contributed by atoms with van der Waals surface area (Å²) in [6.45, 7) is 7.90. The van der Waals surface area contributed by atoms with E-state index in [1.807, 2.05) is 27.7 Å². The van der Waals surface area contributed by atoms with Gasteiger partial charge in [0, 0.05) is 13.1 Å². The molecule has 8 nitrogen and oxygen atoms in total. The minimum absolute atomic E-state index is 0.103. The summed E-state index contributed by atoms with van der Waals surface area (Å²) in [6.07, 6.45) is 0.370. The Morgan fingerprint density at radius 2 is 2.00 bits per heavy atom. The molecule has 2 amide bonds. The molecule has 0 aromatic carbocycles. The molecule has 2 aliphatic rings. The fraction of sp³-hybridized carbons (Fsp3) is 0.684. The van der Waals surface area contributed by atoms with E-state index >= 15 is 0 Å². The van der Waals surface area contributed by atoms with Gasteiger partial charge in [-0.2, -0.15) is 0 Å². The van der Waals surface area contributed by atoms with Gasteiger partial charge in [0.1, 0.15) is 5.54 Å². The molecular formula is C19H27N3O5. The van der Waals surface area contributed by atoms with Crippen molar-refractivity contribution in [3.8, 4) is 0 Å². The van der Waals surface area contributed by atoms with E-state index in [1.54, 1.807) is 6.07 Å². The van der Waals surface area contributed by atoms with Crippen molar-refractivity contribution < 1.29 is 23.6 Å². The summed E-state index contributed by atoms with van der Waals surface area (Å²) in [7, 11) is 2.75. The van der Waals surface area contributed by atoms with Crippen molar-refractivity contribution in [2.45, 2.75) is 51.6 Å². The molecule has 2 saturated heterocycles. The standard InChI is InChI=1S/C19H27N3O5/c1-9(2)8-19(18(25)26-6)14-13(16(23)22(5)17(14)24)15(20-19)12-7-11(10(3)4)21-27-12/h7,9-10,13-15,20H,8H2,1-6H3/t13-,14-,15-,19-/m1/s1. The molecule has 1 aromatic rings. The summed E-state index contributed by atoms with van der Waals surface area (Å²) in [4.78, 5) is 39.7. The molecule has 0 unspecified atom stereocenters. The molecule has 0 aliphatic carbocycles. The maximum atomic E-state index is 12.9. The first-order valence-corrected chi connectivity index (χ1v) is 9.28. The van der Waals surface area contributed by atoms with Crippen LogP contribution < -0.4 is 5.32 Å². The number of likely N-dealkylation sites (tertiary alicyclic amines) is 1. The molecule has 1 N–H and O–H groups in total. The van der Waals surface area contributed by atoms with Crippen LogP contribution in [0, 0.1) is 17.8 Å². The lowest BCUT2D eigenvalue weighted by Crippen LogP contribution is -2.56. The lowest BCUT2D eigenvalue weighted by atomic mass is 9.75. The van der Waals surface area contributed by atoms with E-state index in [0.29, 0.717) is 12.2 Å². The number of imide groups is 1. The van der Waals surface area contributed by atoms with Gasteiger partial charge in [0.2, 0.25) is 11.8 Å². The Balaban J connectivity index is 2.12. The van der Waals surface area contributed by atoms with Gasteiger partial charge in [-0.25, -0.2) is 0 Å². The van der Waals surface area contributed by atoms with Crippen LogP contribution in [0.15, 0.2) is 10.6 Å². The SMILES string of the molecule is COC(=O)[C@]1(CC(C)C)N[C@H](c2cc(C(C)C)no2)[C@@H]2C(=O)N(C)C(=O)[C@@H]21. The fourth-order valence-corrected chi connectivity index (χ4v) is 4.40. The van der Waals surface area contributed by atoms with E-state index in [2.05, 4.69) is 10.5 Å². The van der Waals surface area contributed by atoms with Crippen LogP contribution in [0.2, 0.25) is 0 Å². The predicted molar refractivity (Wildman–Crippen MR) is 95.4 cm³/mol. The monoisotopic (exact) mass is 377 g/mol. The molecule has 2 aliphatic heterocycles. The molecule has 0 saturated carbocycles. The molecule has 0 radical (unpaired) electrons. The Labute approximate surface area is 158 Å². The van der Waals surface area contributed by atoms with Crippen LogP contribution in [-0.4, -0.2) is 47.5 Å². The number of fused-ring (bicyclic) bond motifs is 1. The Bertz CT molecular complexity index is 771. The summed E-state index contributed by atoms with van der Waals surface area (Å²) in [5, 5.41) is 7.33. The highest BCUT2D eigenvalue weighted by Crippen LogP contribution is 2.51. The second kappa shape index (κ2) is 6.74. The molecule has 8 heteroatoms. The van der Waals surface area contributed by atoms with Gasteiger partial charge in [0.25, 0.3) is 0 Å². The van der Waals surface area contributed by atoms with Crippen molar-refractivity contribution in [2.75, 3.05) is 14.2 Å². The molecule has 0 spiro atoms. The number of hydrogen-bond donors (Lipinski definition) is 1. The molecule has 0 bridgehead atoms. The Morgan fingerprint density at radius 3 is 2.52 bits per heavy atom. The van der Waals surface area contributed by atoms with Crippen LogP contribution in [0.3, 0.4) is 0 Å². The van der Waals surface area contributed by atoms with Gasteiger partial charge in [-0.3, -0.25) is 24.6 Å². The number of rotatable bonds is 5. The smallest absolute Gasteiger partial charge is 0.326 e. The Kier molecular flexibility index (Phi) is 4.88. The highest BCUT2D eigenvalue weighted by molar-refractivity contribution is 6.09. The summed E-state index contributed by atoms with van der Waals surface area (Å²) >= 11 is 0. The van der Waals surface area contributed by atoms with Crippen LogP contribution in [0.1, 0.15) is 57.5 Å². The first-order chi connectivity index (χ1) is 12.6. The largest absolute Gasteiger partial charge is 0.468 e. The first-order valence-electron chi connectivity index (χ1n) is 9.28. The third-order valence-corrected chi connectivity index (χ3v) is 5.60. The topological polar surface area (TPSA) is 102 Å². The Hall–Kier alpha value is -2.22. The summed E-state index contributed by atoms with van der Waals surface area (Å²) < 4.78 is 10.6. The van der Waals surface area contributed by atoms with Gasteiger partial charge < -0.3 is 9.26 Å². The van der Waals surface area contributed by atoms with Crippen molar-refractivity contribution in [1.82, 2.24) is 15.4 Å². The number of carbonyl (C=O) groups is 3. The third kappa shape index (κ3) is 2.86. The van der Waals surface area contributed by atoms with Gasteiger partial charge in [-0.05, 0) is 18.3 Å². The van der Waals surface area contributed by atoms with Crippen LogP contribution in [-0.2, 0) is 19.1 Å². The number of methoxy groups -OCH3 is 1. The number of ether oxygens (including phenoxy) is 1. The van der Waals surface area contributed by atoms with Gasteiger partial charge in [0.15, 0.2) is 5.76 Å². The van der Waals surface area contributed by atoms with Gasteiger partial charge >= 0.3 is 5.97 Å². The molecule has 4 atom stereocenters. The maximum Gasteiger partial charge on any atom is 0.326 e. The molecule has 3 heterocycles. The van der Waals surface area contributed by atoms with Crippen LogP contribution in [0.25, 0.3) is 0 Å². The van der Waals surface area contributed by atoms with E-state index in [9.17, 15) is 14.4 Å². The quantitative estimate of drug-likeness (QED) is 0.615.